The number of rotatable bonds is 15. The molecule has 0 saturated carbocycles. The Bertz CT molecular complexity index is 3350. The zero-order valence-electron chi connectivity index (χ0n) is 52.4. The van der Waals surface area contributed by atoms with Gasteiger partial charge in [0.1, 0.15) is 17.4 Å². The smallest absolute Gasteiger partial charge is 0.917 e. The summed E-state index contributed by atoms with van der Waals surface area (Å²) in [4.78, 5) is 1.15. The molecule has 0 fully saturated rings. The monoisotopic (exact) mass is 1920 g/mol. The molecule has 27 heteroatoms. The van der Waals surface area contributed by atoms with Crippen LogP contribution < -0.4 is 72.4 Å². The molecule has 86 heavy (non-hydrogen) atoms. The van der Waals surface area contributed by atoms with Crippen LogP contribution in [0.3, 0.4) is 0 Å². The molecule has 2 aliphatic carbocycles. The third kappa shape index (κ3) is 33.4. The van der Waals surface area contributed by atoms with E-state index in [4.69, 9.17) is 36.6 Å². The van der Waals surface area contributed by atoms with Crippen LogP contribution in [0, 0.1) is 38.5 Å². The summed E-state index contributed by atoms with van der Waals surface area (Å²) < 4.78 is 133. The minimum Gasteiger partial charge on any atom is -0.917 e. The first-order chi connectivity index (χ1) is 38.5. The van der Waals surface area contributed by atoms with Gasteiger partial charge >= 0.3 is 110 Å². The van der Waals surface area contributed by atoms with E-state index in [0.717, 1.165) is 88.6 Å². The van der Waals surface area contributed by atoms with Crippen LogP contribution in [0.25, 0.3) is 0 Å². The van der Waals surface area contributed by atoms with Crippen molar-refractivity contribution in [3.8, 4) is 0 Å². The molecule has 0 spiro atoms. The summed E-state index contributed by atoms with van der Waals surface area (Å²) in [5.74, 6) is 0.255. The van der Waals surface area contributed by atoms with Gasteiger partial charge < -0.3 is 13.0 Å². The Morgan fingerprint density at radius 2 is 0.860 bits per heavy atom. The summed E-state index contributed by atoms with van der Waals surface area (Å²) in [7, 11) is -8.47. The Kier molecular flexibility index (Phi) is 51.3. The fourth-order valence-electron chi connectivity index (χ4n) is 9.90. The quantitative estimate of drug-likeness (QED) is 0.0164. The molecule has 4 aromatic rings. The Labute approximate surface area is 641 Å². The number of benzene rings is 4. The van der Waals surface area contributed by atoms with Gasteiger partial charge in [0.25, 0.3) is 9.05 Å². The summed E-state index contributed by atoms with van der Waals surface area (Å²) in [6.45, 7) is 24.3. The molecule has 4 aromatic carbocycles. The van der Waals surface area contributed by atoms with Crippen LogP contribution in [-0.2, 0) is 58.0 Å². The van der Waals surface area contributed by atoms with Gasteiger partial charge in [-0.1, -0.05) is 140 Å². The van der Waals surface area contributed by atoms with Crippen LogP contribution in [0.4, 0.5) is 0 Å². The number of hydrogen-bond donors (Lipinski definition) is 0. The second-order valence-corrected chi connectivity index (χ2v) is 47.1. The van der Waals surface area contributed by atoms with E-state index in [1.807, 2.05) is 71.9 Å². The van der Waals surface area contributed by atoms with Gasteiger partial charge in [0.15, 0.2) is 29.5 Å². The van der Waals surface area contributed by atoms with Crippen molar-refractivity contribution < 1.29 is 119 Å². The number of aryl methyl sites for hydroxylation is 4. The normalized spacial score (nSPS) is 15.5. The van der Waals surface area contributed by atoms with Crippen molar-refractivity contribution in [3.05, 3.63) is 165 Å². The van der Waals surface area contributed by atoms with Crippen molar-refractivity contribution in [3.63, 3.8) is 0 Å². The average Bonchev–Trinajstić information content (AvgIpc) is 0.995. The fourth-order valence-corrected chi connectivity index (χ4v) is 16.5. The summed E-state index contributed by atoms with van der Waals surface area (Å²) in [5.41, 5.74) is 9.99. The molecule has 2 aliphatic rings. The Morgan fingerprint density at radius 3 is 1.12 bits per heavy atom. The van der Waals surface area contributed by atoms with E-state index in [-0.39, 0.29) is 117 Å². The van der Waals surface area contributed by atoms with Crippen molar-refractivity contribution in [2.75, 3.05) is 11.6 Å². The first-order valence-corrected chi connectivity index (χ1v) is 52.9. The number of hydrogen-bond acceptors (Lipinski definition) is 12. The van der Waals surface area contributed by atoms with E-state index in [9.17, 15) is 33.7 Å². The molecule has 3 radical (unpaired) electrons. The number of halogens is 7. The molecule has 0 aliphatic heterocycles. The SMILES string of the molecule is C.CC(=CCCl)CC(C1=C(C)CCCC1(C)C)S(=O)(=O)c1ccc(C)cc1.CC(=CCS(=O)(=O)c1ccc(C)cc1)CC(C1=C(C)CCCC1(C)C)S(=O)(=O)c1ccc(C)cc1.Cc1ccc(S(=O)(=O)Cl)cc1.II.I[I-]I.O=[S-](=O)[O-].[3H][B].[AlH2].[Na+].[Na+]. The van der Waals surface area contributed by atoms with E-state index in [1.165, 1.54) is 17.7 Å². The topological polar surface area (TPSA) is 194 Å². The first-order valence-electron chi connectivity index (χ1n) is 26.0. The largest absolute Gasteiger partial charge is 1.00 e. The van der Waals surface area contributed by atoms with Crippen LogP contribution >= 0.6 is 96.7 Å². The minimum atomic E-state index is -3.68. The van der Waals surface area contributed by atoms with Gasteiger partial charge in [0.2, 0.25) is 0 Å². The predicted octanol–water partition coefficient (Wildman–Crippen LogP) is 8.00. The van der Waals surface area contributed by atoms with Crippen molar-refractivity contribution in [1.29, 1.82) is 1.34 Å². The molecular formula is C59H83AlBCl2I5Na2O11S5-. The zero-order chi connectivity index (χ0) is 64.3. The summed E-state index contributed by atoms with van der Waals surface area (Å²) in [6, 6.07) is 27.4. The summed E-state index contributed by atoms with van der Waals surface area (Å²) in [5, 5.41) is -1.25. The van der Waals surface area contributed by atoms with Crippen LogP contribution in [0.15, 0.2) is 162 Å². The van der Waals surface area contributed by atoms with Crippen LogP contribution in [0.1, 0.15) is 136 Å². The third-order valence-electron chi connectivity index (χ3n) is 14.0. The number of allylic oxidation sites excluding steroid dienone is 5. The van der Waals surface area contributed by atoms with E-state index in [0.29, 0.717) is 35.3 Å². The molecule has 0 bridgehead atoms. The molecule has 2 atom stereocenters. The first kappa shape index (κ1) is 94.8. The number of alkyl halides is 1. The molecule has 11 nitrogen and oxygen atoms in total. The van der Waals surface area contributed by atoms with Crippen molar-refractivity contribution in [1.82, 2.24) is 0 Å². The van der Waals surface area contributed by atoms with Gasteiger partial charge in [-0.05, 0) is 179 Å². The standard InChI is InChI=1S/C29H38O4S2.C22H31ClO2S.C7H7ClO2S.CH4.Al.BH.I3.I2.2Na.O3S.2H/c1-21-9-13-25(14-10-21)34(30,31)19-17-23(3)20-27(28-24(4)8-7-18-29(28,5)6)35(32,33)26-15-11-22(2)12-16-26;1-16-8-10-19(11-9-16)26(24,25)20(15-17(2)12-14-23)21-18(3)7-6-13-22(21,4)5;1-6-2-4-7(5-3-6)11(8,9)10;;;;1-3-2;1-2;;;1-4(2)3;;/h9-17,27H,7-8,18-20H2,1-6H3;8-12,20H,6-7,13-15H2,1-5H3;2-5H,1H3;1H4;;1H;;;;;;;/q;;;;;;-1;;2*+1;-2;;/i;;;;;1T;;;;;;;. The molecule has 0 amide bonds. The molecular weight excluding hydrogens is 1830 g/mol. The van der Waals surface area contributed by atoms with E-state index in [1.54, 1.807) is 66.7 Å². The second-order valence-electron chi connectivity index (χ2n) is 21.3. The molecule has 0 saturated heterocycles. The molecule has 0 aromatic heterocycles. The molecule has 6 rings (SSSR count). The molecule has 0 heterocycles. The third-order valence-corrected chi connectivity index (χ3v) is 21.2. The van der Waals surface area contributed by atoms with E-state index >= 15 is 0 Å². The Morgan fingerprint density at radius 1 is 0.605 bits per heavy atom. The van der Waals surface area contributed by atoms with Gasteiger partial charge in [0.05, 0.1) is 35.8 Å². The summed E-state index contributed by atoms with van der Waals surface area (Å²) in [6.07, 6.45) is 10.4. The van der Waals surface area contributed by atoms with Gasteiger partial charge in [-0.3, -0.25) is 0 Å². The zero-order valence-corrected chi connectivity index (χ0v) is 73.8. The van der Waals surface area contributed by atoms with Crippen LogP contribution in [-0.4, -0.2) is 87.4 Å². The van der Waals surface area contributed by atoms with Gasteiger partial charge in [-0.15, -0.1) is 11.6 Å². The second kappa shape index (κ2) is 46.5. The van der Waals surface area contributed by atoms with Crippen molar-refractivity contribution >= 4 is 172 Å². The van der Waals surface area contributed by atoms with E-state index in [2.05, 4.69) is 124 Å². The predicted molar refractivity (Wildman–Crippen MR) is 388 cm³/mol. The van der Waals surface area contributed by atoms with Gasteiger partial charge in [-0.2, -0.15) is 11.0 Å². The minimum absolute atomic E-state index is 0. The van der Waals surface area contributed by atoms with Crippen LogP contribution in [0.5, 0.6) is 0 Å². The maximum absolute atomic E-state index is 14.0. The fraction of sp³-hybridized carbons (Fsp3) is 0.458. The van der Waals surface area contributed by atoms with Crippen LogP contribution in [0.2, 0.25) is 0 Å². The number of sulfone groups is 3. The molecule has 473 valence electrons. The van der Waals surface area contributed by atoms with Crippen molar-refractivity contribution in [2.45, 2.75) is 172 Å². The van der Waals surface area contributed by atoms with Gasteiger partial charge in [-0.25, -0.2) is 33.7 Å². The maximum Gasteiger partial charge on any atom is 1.00 e. The maximum atomic E-state index is 14.0. The Balaban J connectivity index is -0.000000378. The molecule has 2 unspecified atom stereocenters. The van der Waals surface area contributed by atoms with E-state index < -0.39 is 60.0 Å². The van der Waals surface area contributed by atoms with Gasteiger partial charge in [0, 0.05) is 62.2 Å². The molecule has 0 N–H and O–H groups in total. The summed E-state index contributed by atoms with van der Waals surface area (Å²) >= 11 is 15.4. The average molecular weight is 1920 g/mol. The Hall–Kier alpha value is 2.38. The van der Waals surface area contributed by atoms with Crippen molar-refractivity contribution in [2.24, 2.45) is 10.8 Å².